The van der Waals surface area contributed by atoms with Crippen LogP contribution in [-0.4, -0.2) is 30.1 Å². The largest absolute Gasteiger partial charge is 0.507 e. The molecule has 0 heterocycles. The normalized spacial score (nSPS) is 11.7. The zero-order valence-corrected chi connectivity index (χ0v) is 17.6. The van der Waals surface area contributed by atoms with E-state index in [1.165, 1.54) is 7.11 Å². The number of carbonyl (C=O) groups is 2. The van der Waals surface area contributed by atoms with Crippen molar-refractivity contribution < 1.29 is 19.4 Å². The SMILES string of the molecule is COC(=O)C(Cc1ccc(-c2ccccc2)cc1)NC(=O)c1cc2ccccc2cc1O. The highest BCUT2D eigenvalue weighted by molar-refractivity contribution is 6.02. The average molecular weight is 425 g/mol. The van der Waals surface area contributed by atoms with Crippen LogP contribution in [0.1, 0.15) is 15.9 Å². The lowest BCUT2D eigenvalue weighted by Crippen LogP contribution is -2.43. The van der Waals surface area contributed by atoms with Crippen molar-refractivity contribution in [2.75, 3.05) is 7.11 Å². The Morgan fingerprint density at radius 1 is 0.844 bits per heavy atom. The molecule has 0 aliphatic heterocycles. The van der Waals surface area contributed by atoms with Crippen LogP contribution in [0.5, 0.6) is 5.75 Å². The Labute approximate surface area is 186 Å². The number of rotatable bonds is 6. The monoisotopic (exact) mass is 425 g/mol. The second-order valence-corrected chi connectivity index (χ2v) is 7.53. The molecule has 1 atom stereocenters. The number of phenolic OH excluding ortho intramolecular Hbond substituents is 1. The third-order valence-electron chi connectivity index (χ3n) is 5.40. The average Bonchev–Trinajstić information content (AvgIpc) is 2.83. The second kappa shape index (κ2) is 9.35. The van der Waals surface area contributed by atoms with Crippen LogP contribution in [0, 0.1) is 0 Å². The smallest absolute Gasteiger partial charge is 0.328 e. The van der Waals surface area contributed by atoms with E-state index in [0.717, 1.165) is 27.5 Å². The van der Waals surface area contributed by atoms with Crippen LogP contribution in [0.25, 0.3) is 21.9 Å². The summed E-state index contributed by atoms with van der Waals surface area (Å²) in [7, 11) is 1.29. The van der Waals surface area contributed by atoms with Crippen molar-refractivity contribution in [3.63, 3.8) is 0 Å². The van der Waals surface area contributed by atoms with E-state index in [9.17, 15) is 14.7 Å². The fourth-order valence-electron chi connectivity index (χ4n) is 3.68. The highest BCUT2D eigenvalue weighted by Crippen LogP contribution is 2.25. The lowest BCUT2D eigenvalue weighted by Gasteiger charge is -2.17. The van der Waals surface area contributed by atoms with Gasteiger partial charge in [-0.25, -0.2) is 4.79 Å². The maximum Gasteiger partial charge on any atom is 0.328 e. The first-order valence-corrected chi connectivity index (χ1v) is 10.3. The molecule has 0 radical (unpaired) electrons. The molecule has 0 aliphatic carbocycles. The van der Waals surface area contributed by atoms with Crippen LogP contribution in [-0.2, 0) is 16.0 Å². The zero-order valence-electron chi connectivity index (χ0n) is 17.6. The van der Waals surface area contributed by atoms with Crippen molar-refractivity contribution in [3.8, 4) is 16.9 Å². The van der Waals surface area contributed by atoms with Gasteiger partial charge in [0.1, 0.15) is 11.8 Å². The Morgan fingerprint density at radius 3 is 2.09 bits per heavy atom. The molecule has 1 amide bonds. The van der Waals surface area contributed by atoms with Gasteiger partial charge in [0, 0.05) is 6.42 Å². The number of nitrogens with one attached hydrogen (secondary N) is 1. The van der Waals surface area contributed by atoms with Crippen molar-refractivity contribution in [1.29, 1.82) is 0 Å². The molecular formula is C27H23NO4. The molecule has 0 saturated heterocycles. The molecule has 0 bridgehead atoms. The molecule has 0 aromatic heterocycles. The number of hydrogen-bond acceptors (Lipinski definition) is 4. The van der Waals surface area contributed by atoms with Gasteiger partial charge in [-0.1, -0.05) is 78.9 Å². The van der Waals surface area contributed by atoms with Crippen LogP contribution in [0.3, 0.4) is 0 Å². The highest BCUT2D eigenvalue weighted by Gasteiger charge is 2.24. The van der Waals surface area contributed by atoms with Gasteiger partial charge >= 0.3 is 5.97 Å². The maximum atomic E-state index is 12.9. The minimum atomic E-state index is -0.888. The third-order valence-corrected chi connectivity index (χ3v) is 5.40. The standard InChI is InChI=1S/C27H23NO4/c1-32-27(31)24(15-18-11-13-20(14-12-18)19-7-3-2-4-8-19)28-26(30)23-16-21-9-5-6-10-22(21)17-25(23)29/h2-14,16-17,24,29H,15H2,1H3,(H,28,30). The molecule has 4 rings (SSSR count). The van der Waals surface area contributed by atoms with Crippen LogP contribution in [0.4, 0.5) is 0 Å². The molecule has 160 valence electrons. The number of hydrogen-bond donors (Lipinski definition) is 2. The Morgan fingerprint density at radius 2 is 1.44 bits per heavy atom. The predicted octanol–water partition coefficient (Wildman–Crippen LogP) is 4.73. The molecule has 5 heteroatoms. The van der Waals surface area contributed by atoms with Crippen molar-refractivity contribution >= 4 is 22.6 Å². The highest BCUT2D eigenvalue weighted by atomic mass is 16.5. The van der Waals surface area contributed by atoms with E-state index in [0.29, 0.717) is 0 Å². The molecule has 0 aliphatic rings. The molecule has 0 spiro atoms. The molecule has 0 fully saturated rings. The summed E-state index contributed by atoms with van der Waals surface area (Å²) >= 11 is 0. The number of fused-ring (bicyclic) bond motifs is 1. The molecule has 0 saturated carbocycles. The van der Waals surface area contributed by atoms with E-state index in [-0.39, 0.29) is 17.7 Å². The van der Waals surface area contributed by atoms with Crippen LogP contribution < -0.4 is 5.32 Å². The van der Waals surface area contributed by atoms with E-state index in [2.05, 4.69) is 5.32 Å². The number of aromatic hydroxyl groups is 1. The van der Waals surface area contributed by atoms with Gasteiger partial charge in [-0.05, 0) is 39.6 Å². The maximum absolute atomic E-state index is 12.9. The number of ether oxygens (including phenoxy) is 1. The first-order chi connectivity index (χ1) is 15.5. The Bertz CT molecular complexity index is 1250. The molecule has 1 unspecified atom stereocenters. The van der Waals surface area contributed by atoms with Crippen molar-refractivity contribution in [1.82, 2.24) is 5.32 Å². The number of esters is 1. The molecular weight excluding hydrogens is 402 g/mol. The predicted molar refractivity (Wildman–Crippen MR) is 124 cm³/mol. The van der Waals surface area contributed by atoms with E-state index in [1.807, 2.05) is 78.9 Å². The van der Waals surface area contributed by atoms with E-state index < -0.39 is 17.9 Å². The van der Waals surface area contributed by atoms with Crippen molar-refractivity contribution in [2.24, 2.45) is 0 Å². The second-order valence-electron chi connectivity index (χ2n) is 7.53. The fourth-order valence-corrected chi connectivity index (χ4v) is 3.68. The van der Waals surface area contributed by atoms with E-state index >= 15 is 0 Å². The number of phenols is 1. The zero-order chi connectivity index (χ0) is 22.5. The lowest BCUT2D eigenvalue weighted by atomic mass is 10.00. The third kappa shape index (κ3) is 4.62. The summed E-state index contributed by atoms with van der Waals surface area (Å²) in [6.45, 7) is 0. The summed E-state index contributed by atoms with van der Waals surface area (Å²) in [4.78, 5) is 25.3. The van der Waals surface area contributed by atoms with Crippen LogP contribution in [0.2, 0.25) is 0 Å². The topological polar surface area (TPSA) is 75.6 Å². The van der Waals surface area contributed by atoms with Gasteiger partial charge < -0.3 is 15.2 Å². The summed E-state index contributed by atoms with van der Waals surface area (Å²) in [5, 5.41) is 14.7. The first-order valence-electron chi connectivity index (χ1n) is 10.3. The minimum absolute atomic E-state index is 0.108. The lowest BCUT2D eigenvalue weighted by molar-refractivity contribution is -0.142. The van der Waals surface area contributed by atoms with Gasteiger partial charge in [-0.3, -0.25) is 4.79 Å². The van der Waals surface area contributed by atoms with Crippen molar-refractivity contribution in [3.05, 3.63) is 102 Å². The van der Waals surface area contributed by atoms with Gasteiger partial charge in [-0.15, -0.1) is 0 Å². The quantitative estimate of drug-likeness (QED) is 0.438. The Balaban J connectivity index is 1.53. The number of carbonyl (C=O) groups excluding carboxylic acids is 2. The van der Waals surface area contributed by atoms with Gasteiger partial charge in [0.05, 0.1) is 12.7 Å². The van der Waals surface area contributed by atoms with Gasteiger partial charge in [0.2, 0.25) is 0 Å². The number of benzene rings is 4. The van der Waals surface area contributed by atoms with Gasteiger partial charge in [0.25, 0.3) is 5.91 Å². The summed E-state index contributed by atoms with van der Waals surface area (Å²) in [5.41, 5.74) is 3.15. The van der Waals surface area contributed by atoms with Crippen molar-refractivity contribution in [2.45, 2.75) is 12.5 Å². The summed E-state index contributed by atoms with van der Waals surface area (Å²) in [6, 6.07) is 27.5. The minimum Gasteiger partial charge on any atom is -0.507 e. The molecule has 32 heavy (non-hydrogen) atoms. The number of amides is 1. The fraction of sp³-hybridized carbons (Fsp3) is 0.111. The summed E-state index contributed by atoms with van der Waals surface area (Å²) in [6.07, 6.45) is 0.266. The van der Waals surface area contributed by atoms with E-state index in [1.54, 1.807) is 12.1 Å². The van der Waals surface area contributed by atoms with Crippen LogP contribution >= 0.6 is 0 Å². The first kappa shape index (κ1) is 21.1. The molecule has 4 aromatic rings. The Hall–Kier alpha value is -4.12. The summed E-state index contributed by atoms with van der Waals surface area (Å²) in [5.74, 6) is -1.23. The van der Waals surface area contributed by atoms with Gasteiger partial charge in [0.15, 0.2) is 0 Å². The molecule has 2 N–H and O–H groups in total. The molecule has 4 aromatic carbocycles. The van der Waals surface area contributed by atoms with Crippen LogP contribution in [0.15, 0.2) is 91.0 Å². The molecule has 5 nitrogen and oxygen atoms in total. The van der Waals surface area contributed by atoms with Gasteiger partial charge in [-0.2, -0.15) is 0 Å². The summed E-state index contributed by atoms with van der Waals surface area (Å²) < 4.78 is 4.90. The Kier molecular flexibility index (Phi) is 6.17. The number of methoxy groups -OCH3 is 1. The van der Waals surface area contributed by atoms with E-state index in [4.69, 9.17) is 4.74 Å².